The molecule has 0 radical (unpaired) electrons. The van der Waals surface area contributed by atoms with Gasteiger partial charge in [0.1, 0.15) is 0 Å². The first-order valence-corrected chi connectivity index (χ1v) is 7.42. The molecule has 3 unspecified atom stereocenters. The maximum Gasteiger partial charge on any atom is 0.0608 e. The predicted molar refractivity (Wildman–Crippen MR) is 78.8 cm³/mol. The van der Waals surface area contributed by atoms with Crippen LogP contribution in [0.1, 0.15) is 64.4 Å². The van der Waals surface area contributed by atoms with E-state index in [1.54, 1.807) is 0 Å². The minimum Gasteiger partial charge on any atom is -0.392 e. The number of benzene rings is 1. The van der Waals surface area contributed by atoms with Crippen molar-refractivity contribution in [2.24, 2.45) is 5.92 Å². The zero-order valence-corrected chi connectivity index (χ0v) is 12.1. The fourth-order valence-electron chi connectivity index (χ4n) is 2.51. The molecular weight excluding hydrogens is 220 g/mol. The first-order valence-electron chi connectivity index (χ1n) is 7.42. The fourth-order valence-corrected chi connectivity index (χ4v) is 2.51. The van der Waals surface area contributed by atoms with Crippen molar-refractivity contribution in [2.45, 2.75) is 64.9 Å². The lowest BCUT2D eigenvalue weighted by molar-refractivity contribution is 0.115. The first-order chi connectivity index (χ1) is 8.69. The van der Waals surface area contributed by atoms with E-state index in [-0.39, 0.29) is 12.0 Å². The van der Waals surface area contributed by atoms with Crippen molar-refractivity contribution < 1.29 is 5.11 Å². The molecule has 0 aromatic heterocycles. The van der Waals surface area contributed by atoms with Crippen LogP contribution in [0.25, 0.3) is 0 Å². The van der Waals surface area contributed by atoms with E-state index >= 15 is 0 Å². The molecule has 0 spiro atoms. The van der Waals surface area contributed by atoms with E-state index in [1.807, 2.05) is 18.2 Å². The Morgan fingerprint density at radius 1 is 1.11 bits per heavy atom. The molecule has 1 nitrogen and oxygen atoms in total. The smallest absolute Gasteiger partial charge is 0.0608 e. The molecule has 1 aromatic carbocycles. The maximum atomic E-state index is 10.4. The Hall–Kier alpha value is -0.820. The van der Waals surface area contributed by atoms with Crippen molar-refractivity contribution in [1.29, 1.82) is 0 Å². The third-order valence-electron chi connectivity index (χ3n) is 4.02. The topological polar surface area (TPSA) is 20.2 Å². The summed E-state index contributed by atoms with van der Waals surface area (Å²) in [6.45, 7) is 6.60. The van der Waals surface area contributed by atoms with Gasteiger partial charge in [-0.05, 0) is 17.9 Å². The number of unbranched alkanes of at least 4 members (excludes halogenated alkanes) is 1. The molecule has 102 valence electrons. The molecule has 0 bridgehead atoms. The Bertz CT molecular complexity index is 307. The van der Waals surface area contributed by atoms with Crippen molar-refractivity contribution in [3.05, 3.63) is 35.9 Å². The van der Waals surface area contributed by atoms with E-state index in [0.717, 1.165) is 6.42 Å². The standard InChI is InChI=1S/C17H28O/c1-4-6-10-15(5-2)13-17(18)14(3)16-11-8-7-9-12-16/h7-9,11-12,14-15,17-18H,4-6,10,13H2,1-3H3. The highest BCUT2D eigenvalue weighted by atomic mass is 16.3. The quantitative estimate of drug-likeness (QED) is 0.703. The molecule has 0 aliphatic rings. The van der Waals surface area contributed by atoms with Gasteiger partial charge >= 0.3 is 0 Å². The SMILES string of the molecule is CCCCC(CC)CC(O)C(C)c1ccccc1. The Morgan fingerprint density at radius 2 is 1.78 bits per heavy atom. The number of rotatable bonds is 8. The van der Waals surface area contributed by atoms with Gasteiger partial charge in [-0.15, -0.1) is 0 Å². The Labute approximate surface area is 112 Å². The highest BCUT2D eigenvalue weighted by Crippen LogP contribution is 2.26. The lowest BCUT2D eigenvalue weighted by atomic mass is 9.86. The Balaban J connectivity index is 2.50. The molecule has 0 fully saturated rings. The van der Waals surface area contributed by atoms with Crippen LogP contribution >= 0.6 is 0 Å². The van der Waals surface area contributed by atoms with Crippen molar-refractivity contribution in [2.75, 3.05) is 0 Å². The van der Waals surface area contributed by atoms with Gasteiger partial charge in [-0.25, -0.2) is 0 Å². The second kappa shape index (κ2) is 8.31. The van der Waals surface area contributed by atoms with E-state index < -0.39 is 0 Å². The minimum atomic E-state index is -0.214. The van der Waals surface area contributed by atoms with Crippen molar-refractivity contribution in [1.82, 2.24) is 0 Å². The zero-order chi connectivity index (χ0) is 13.4. The second-order valence-electron chi connectivity index (χ2n) is 5.42. The van der Waals surface area contributed by atoms with Crippen LogP contribution in [-0.2, 0) is 0 Å². The van der Waals surface area contributed by atoms with E-state index in [0.29, 0.717) is 5.92 Å². The van der Waals surface area contributed by atoms with Crippen LogP contribution in [0.5, 0.6) is 0 Å². The van der Waals surface area contributed by atoms with Crippen molar-refractivity contribution >= 4 is 0 Å². The van der Waals surface area contributed by atoms with Gasteiger partial charge in [-0.2, -0.15) is 0 Å². The third kappa shape index (κ3) is 4.81. The zero-order valence-electron chi connectivity index (χ0n) is 12.1. The lowest BCUT2D eigenvalue weighted by Crippen LogP contribution is -2.20. The van der Waals surface area contributed by atoms with E-state index in [2.05, 4.69) is 32.9 Å². The van der Waals surface area contributed by atoms with Gasteiger partial charge in [0.2, 0.25) is 0 Å². The fraction of sp³-hybridized carbons (Fsp3) is 0.647. The molecule has 0 amide bonds. The monoisotopic (exact) mass is 248 g/mol. The van der Waals surface area contributed by atoms with Gasteiger partial charge < -0.3 is 5.11 Å². The number of aliphatic hydroxyl groups is 1. The average Bonchev–Trinajstić information content (AvgIpc) is 2.43. The number of hydrogen-bond donors (Lipinski definition) is 1. The molecule has 1 rings (SSSR count). The van der Waals surface area contributed by atoms with Crippen LogP contribution in [0.15, 0.2) is 30.3 Å². The lowest BCUT2D eigenvalue weighted by Gasteiger charge is -2.24. The van der Waals surface area contributed by atoms with Crippen LogP contribution in [0.4, 0.5) is 0 Å². The number of aliphatic hydroxyl groups excluding tert-OH is 1. The van der Waals surface area contributed by atoms with Crippen molar-refractivity contribution in [3.63, 3.8) is 0 Å². The van der Waals surface area contributed by atoms with Crippen molar-refractivity contribution in [3.8, 4) is 0 Å². The van der Waals surface area contributed by atoms with Crippen LogP contribution in [0.2, 0.25) is 0 Å². The van der Waals surface area contributed by atoms with E-state index in [1.165, 1.54) is 31.2 Å². The minimum absolute atomic E-state index is 0.214. The normalized spacial score (nSPS) is 16.2. The summed E-state index contributed by atoms with van der Waals surface area (Å²) in [6.07, 6.45) is 5.69. The van der Waals surface area contributed by atoms with Gasteiger partial charge in [-0.3, -0.25) is 0 Å². The molecule has 0 aliphatic heterocycles. The van der Waals surface area contributed by atoms with Gasteiger partial charge in [-0.1, -0.05) is 76.8 Å². The second-order valence-corrected chi connectivity index (χ2v) is 5.42. The summed E-state index contributed by atoms with van der Waals surface area (Å²) in [5.41, 5.74) is 1.25. The summed E-state index contributed by atoms with van der Waals surface area (Å²) in [4.78, 5) is 0. The molecule has 1 N–H and O–H groups in total. The molecule has 0 saturated heterocycles. The summed E-state index contributed by atoms with van der Waals surface area (Å²) in [6, 6.07) is 10.3. The largest absolute Gasteiger partial charge is 0.392 e. The highest BCUT2D eigenvalue weighted by molar-refractivity contribution is 5.19. The molecular formula is C17H28O. The maximum absolute atomic E-state index is 10.4. The molecule has 3 atom stereocenters. The van der Waals surface area contributed by atoms with Crippen LogP contribution in [0, 0.1) is 5.92 Å². The van der Waals surface area contributed by atoms with Crippen LogP contribution < -0.4 is 0 Å². The van der Waals surface area contributed by atoms with Crippen LogP contribution in [-0.4, -0.2) is 11.2 Å². The summed E-state index contributed by atoms with van der Waals surface area (Å²) < 4.78 is 0. The van der Waals surface area contributed by atoms with Gasteiger partial charge in [0.15, 0.2) is 0 Å². The van der Waals surface area contributed by atoms with Gasteiger partial charge in [0.25, 0.3) is 0 Å². The molecule has 18 heavy (non-hydrogen) atoms. The van der Waals surface area contributed by atoms with Gasteiger partial charge in [0, 0.05) is 5.92 Å². The molecule has 0 aliphatic carbocycles. The van der Waals surface area contributed by atoms with E-state index in [9.17, 15) is 5.11 Å². The van der Waals surface area contributed by atoms with E-state index in [4.69, 9.17) is 0 Å². The molecule has 0 heterocycles. The predicted octanol–water partition coefficient (Wildman–Crippen LogP) is 4.76. The summed E-state index contributed by atoms with van der Waals surface area (Å²) in [5.74, 6) is 0.910. The third-order valence-corrected chi connectivity index (χ3v) is 4.02. The first kappa shape index (κ1) is 15.2. The summed E-state index contributed by atoms with van der Waals surface area (Å²) in [7, 11) is 0. The Kier molecular flexibility index (Phi) is 7.04. The average molecular weight is 248 g/mol. The Morgan fingerprint density at radius 3 is 2.33 bits per heavy atom. The van der Waals surface area contributed by atoms with Crippen LogP contribution in [0.3, 0.4) is 0 Å². The summed E-state index contributed by atoms with van der Waals surface area (Å²) >= 11 is 0. The summed E-state index contributed by atoms with van der Waals surface area (Å²) in [5, 5.41) is 10.4. The molecule has 1 heteroatoms. The highest BCUT2D eigenvalue weighted by Gasteiger charge is 2.19. The number of hydrogen-bond acceptors (Lipinski definition) is 1. The van der Waals surface area contributed by atoms with Gasteiger partial charge in [0.05, 0.1) is 6.10 Å². The molecule has 0 saturated carbocycles. The molecule has 1 aromatic rings.